The maximum absolute atomic E-state index is 11.2. The minimum absolute atomic E-state index is 0.268. The Hall–Kier alpha value is -2.07. The molecule has 1 rings (SSSR count). The van der Waals surface area contributed by atoms with Gasteiger partial charge in [-0.05, 0) is 12.7 Å². The number of nitrogens with one attached hydrogen (secondary N) is 1. The van der Waals surface area contributed by atoms with Gasteiger partial charge >= 0.3 is 5.97 Å². The number of aliphatic carboxylic acids is 1. The summed E-state index contributed by atoms with van der Waals surface area (Å²) in [4.78, 5) is 29.6. The summed E-state index contributed by atoms with van der Waals surface area (Å²) in [5, 5.41) is 11.4. The van der Waals surface area contributed by atoms with Crippen molar-refractivity contribution in [2.75, 3.05) is 12.8 Å². The Balaban J connectivity index is 2.25. The van der Waals surface area contributed by atoms with E-state index in [-0.39, 0.29) is 18.9 Å². The first kappa shape index (κ1) is 16.0. The van der Waals surface area contributed by atoms with Gasteiger partial charge in [0.25, 0.3) is 0 Å². The lowest BCUT2D eigenvalue weighted by Gasteiger charge is -1.99. The lowest BCUT2D eigenvalue weighted by Crippen LogP contribution is -2.28. The molecule has 7 heteroatoms. The first-order valence-electron chi connectivity index (χ1n) is 5.95. The van der Waals surface area contributed by atoms with Gasteiger partial charge in [-0.15, -0.1) is 0 Å². The van der Waals surface area contributed by atoms with Crippen LogP contribution in [0.4, 0.5) is 0 Å². The molecule has 106 valence electrons. The van der Waals surface area contributed by atoms with Gasteiger partial charge in [-0.2, -0.15) is 0 Å². The van der Waals surface area contributed by atoms with Crippen molar-refractivity contribution in [3.8, 4) is 11.8 Å². The Bertz CT molecular complexity index is 520. The van der Waals surface area contributed by atoms with Crippen LogP contribution in [0.25, 0.3) is 0 Å². The van der Waals surface area contributed by atoms with E-state index in [2.05, 4.69) is 27.1 Å². The highest BCUT2D eigenvalue weighted by Crippen LogP contribution is 2.06. The van der Waals surface area contributed by atoms with Crippen LogP contribution in [0.5, 0.6) is 0 Å². The Morgan fingerprint density at radius 2 is 2.10 bits per heavy atom. The predicted octanol–water partition coefficient (Wildman–Crippen LogP) is 0.921. The zero-order chi connectivity index (χ0) is 14.8. The summed E-state index contributed by atoms with van der Waals surface area (Å²) in [6.07, 6.45) is 6.63. The van der Waals surface area contributed by atoms with Crippen LogP contribution < -0.4 is 5.32 Å². The summed E-state index contributed by atoms with van der Waals surface area (Å²) < 4.78 is 0. The number of hydrogen-bond acceptors (Lipinski definition) is 5. The first-order valence-corrected chi connectivity index (χ1v) is 7.17. The molecule has 0 aromatic carbocycles. The van der Waals surface area contributed by atoms with E-state index in [0.29, 0.717) is 18.0 Å². The number of nitrogens with zero attached hydrogens (tertiary/aromatic N) is 2. The maximum Gasteiger partial charge on any atom is 0.322 e. The summed E-state index contributed by atoms with van der Waals surface area (Å²) in [6.45, 7) is -0.344. The second-order valence-corrected chi connectivity index (χ2v) is 4.56. The smallest absolute Gasteiger partial charge is 0.322 e. The van der Waals surface area contributed by atoms with E-state index in [0.717, 1.165) is 5.56 Å². The normalized spacial score (nSPS) is 9.45. The fourth-order valence-electron chi connectivity index (χ4n) is 1.25. The van der Waals surface area contributed by atoms with E-state index >= 15 is 0 Å². The number of rotatable bonds is 6. The van der Waals surface area contributed by atoms with Gasteiger partial charge in [-0.1, -0.05) is 23.6 Å². The molecule has 0 bridgehead atoms. The van der Waals surface area contributed by atoms with Gasteiger partial charge in [0, 0.05) is 25.2 Å². The Morgan fingerprint density at radius 1 is 1.40 bits per heavy atom. The van der Waals surface area contributed by atoms with Gasteiger partial charge in [-0.25, -0.2) is 9.97 Å². The van der Waals surface area contributed by atoms with Crippen molar-refractivity contribution in [2.45, 2.75) is 24.4 Å². The molecule has 1 aromatic heterocycles. The molecule has 0 unspecified atom stereocenters. The Kier molecular flexibility index (Phi) is 7.14. The van der Waals surface area contributed by atoms with E-state index in [9.17, 15) is 9.59 Å². The molecule has 0 fully saturated rings. The third kappa shape index (κ3) is 6.75. The van der Waals surface area contributed by atoms with Crippen molar-refractivity contribution in [3.63, 3.8) is 0 Å². The van der Waals surface area contributed by atoms with E-state index in [4.69, 9.17) is 5.11 Å². The zero-order valence-electron chi connectivity index (χ0n) is 11.0. The summed E-state index contributed by atoms with van der Waals surface area (Å²) in [7, 11) is 0. The van der Waals surface area contributed by atoms with Crippen LogP contribution in [0.15, 0.2) is 17.6 Å². The number of amides is 1. The summed E-state index contributed by atoms with van der Waals surface area (Å²) >= 11 is 1.46. The molecule has 1 heterocycles. The third-order valence-electron chi connectivity index (χ3n) is 2.19. The van der Waals surface area contributed by atoms with Crippen molar-refractivity contribution in [3.05, 3.63) is 18.0 Å². The highest BCUT2D eigenvalue weighted by atomic mass is 32.2. The molecule has 6 nitrogen and oxygen atoms in total. The number of carbonyl (C=O) groups excluding carboxylic acids is 1. The van der Waals surface area contributed by atoms with E-state index in [1.54, 1.807) is 12.4 Å². The Labute approximate surface area is 121 Å². The van der Waals surface area contributed by atoms with E-state index in [1.807, 2.05) is 6.26 Å². The number of carbonyl (C=O) groups is 2. The van der Waals surface area contributed by atoms with E-state index < -0.39 is 5.97 Å². The maximum atomic E-state index is 11.2. The lowest BCUT2D eigenvalue weighted by molar-refractivity contribution is -0.137. The lowest BCUT2D eigenvalue weighted by atomic mass is 10.2. The molecule has 1 amide bonds. The van der Waals surface area contributed by atoms with E-state index in [1.165, 1.54) is 11.8 Å². The van der Waals surface area contributed by atoms with Crippen LogP contribution >= 0.6 is 11.8 Å². The second kappa shape index (κ2) is 8.93. The molecule has 0 saturated heterocycles. The van der Waals surface area contributed by atoms with Crippen molar-refractivity contribution < 1.29 is 14.7 Å². The number of carboxylic acid groups (broad SMARTS) is 1. The molecule has 0 aliphatic heterocycles. The SMILES string of the molecule is CSc1ncc(C#CCCCC(=O)NCC(=O)O)cn1. The number of thioether (sulfide) groups is 1. The van der Waals surface area contributed by atoms with Crippen LogP contribution in [0, 0.1) is 11.8 Å². The van der Waals surface area contributed by atoms with Crippen molar-refractivity contribution in [1.29, 1.82) is 0 Å². The molecule has 0 atom stereocenters. The summed E-state index contributed by atoms with van der Waals surface area (Å²) in [6, 6.07) is 0. The molecule has 0 aliphatic carbocycles. The minimum atomic E-state index is -1.05. The fourth-order valence-corrected chi connectivity index (χ4v) is 1.57. The molecule has 1 aromatic rings. The molecule has 0 spiro atoms. The van der Waals surface area contributed by atoms with Crippen molar-refractivity contribution in [2.24, 2.45) is 0 Å². The van der Waals surface area contributed by atoms with Gasteiger partial charge in [-0.3, -0.25) is 9.59 Å². The van der Waals surface area contributed by atoms with Crippen molar-refractivity contribution in [1.82, 2.24) is 15.3 Å². The van der Waals surface area contributed by atoms with Crippen LogP contribution in [-0.2, 0) is 9.59 Å². The first-order chi connectivity index (χ1) is 9.61. The summed E-state index contributed by atoms with van der Waals surface area (Å²) in [5.41, 5.74) is 0.734. The van der Waals surface area contributed by atoms with Crippen LogP contribution in [-0.4, -0.2) is 39.8 Å². The fraction of sp³-hybridized carbons (Fsp3) is 0.385. The van der Waals surface area contributed by atoms with Crippen LogP contribution in [0.1, 0.15) is 24.8 Å². The predicted molar refractivity (Wildman–Crippen MR) is 75.2 cm³/mol. The highest BCUT2D eigenvalue weighted by molar-refractivity contribution is 7.98. The molecule has 2 N–H and O–H groups in total. The van der Waals surface area contributed by atoms with Gasteiger partial charge in [0.15, 0.2) is 5.16 Å². The molecular weight excluding hydrogens is 278 g/mol. The van der Waals surface area contributed by atoms with Crippen LogP contribution in [0.2, 0.25) is 0 Å². The van der Waals surface area contributed by atoms with Gasteiger partial charge in [0.2, 0.25) is 5.91 Å². The quantitative estimate of drug-likeness (QED) is 0.351. The largest absolute Gasteiger partial charge is 0.480 e. The van der Waals surface area contributed by atoms with Crippen molar-refractivity contribution >= 4 is 23.6 Å². The number of hydrogen-bond donors (Lipinski definition) is 2. The zero-order valence-corrected chi connectivity index (χ0v) is 11.9. The average Bonchev–Trinajstić information content (AvgIpc) is 2.45. The third-order valence-corrected chi connectivity index (χ3v) is 2.76. The van der Waals surface area contributed by atoms with Gasteiger partial charge < -0.3 is 10.4 Å². The number of aromatic nitrogens is 2. The molecule has 0 radical (unpaired) electrons. The summed E-state index contributed by atoms with van der Waals surface area (Å²) in [5.74, 6) is 4.51. The average molecular weight is 293 g/mol. The van der Waals surface area contributed by atoms with Gasteiger partial charge in [0.1, 0.15) is 6.54 Å². The standard InChI is InChI=1S/C13H15N3O3S/c1-20-13-15-7-10(8-16-13)5-3-2-4-6-11(17)14-9-12(18)19/h7-8H,2,4,6,9H2,1H3,(H,14,17)(H,18,19). The van der Waals surface area contributed by atoms with Crippen LogP contribution in [0.3, 0.4) is 0 Å². The molecular formula is C13H15N3O3S. The molecule has 20 heavy (non-hydrogen) atoms. The molecule has 0 aliphatic rings. The van der Waals surface area contributed by atoms with Gasteiger partial charge in [0.05, 0.1) is 5.56 Å². The number of unbranched alkanes of at least 4 members (excludes halogenated alkanes) is 1. The highest BCUT2D eigenvalue weighted by Gasteiger charge is 2.02. The molecule has 0 saturated carbocycles. The monoisotopic (exact) mass is 293 g/mol. The topological polar surface area (TPSA) is 92.2 Å². The Morgan fingerprint density at radius 3 is 2.70 bits per heavy atom. The number of carboxylic acids is 1. The second-order valence-electron chi connectivity index (χ2n) is 3.78. The minimum Gasteiger partial charge on any atom is -0.480 e.